The highest BCUT2D eigenvalue weighted by molar-refractivity contribution is 8.00. The van der Waals surface area contributed by atoms with E-state index in [-0.39, 0.29) is 16.5 Å². The van der Waals surface area contributed by atoms with Gasteiger partial charge in [-0.1, -0.05) is 66.2 Å². The van der Waals surface area contributed by atoms with E-state index >= 15 is 0 Å². The molecular weight excluding hydrogens is 650 g/mol. The Morgan fingerprint density at radius 3 is 2.33 bits per heavy atom. The summed E-state index contributed by atoms with van der Waals surface area (Å²) in [6, 6.07) is 16.4. The van der Waals surface area contributed by atoms with Crippen molar-refractivity contribution < 1.29 is 33.6 Å². The Morgan fingerprint density at radius 2 is 1.70 bits per heavy atom. The molecule has 46 heavy (non-hydrogen) atoms. The fourth-order valence-corrected chi connectivity index (χ4v) is 7.07. The molecule has 1 unspecified atom stereocenters. The number of anilines is 1. The van der Waals surface area contributed by atoms with Crippen LogP contribution in [-0.4, -0.2) is 54.9 Å². The molecule has 0 saturated carbocycles. The molecule has 10 nitrogen and oxygen atoms in total. The van der Waals surface area contributed by atoms with Crippen LogP contribution in [0.1, 0.15) is 42.5 Å². The summed E-state index contributed by atoms with van der Waals surface area (Å²) in [6.45, 7) is 2.64. The minimum atomic E-state index is -1.09. The Kier molecular flexibility index (Phi) is 10.7. The number of aliphatic hydroxyl groups is 1. The number of ketones is 1. The predicted octanol–water partition coefficient (Wildman–Crippen LogP) is 7.31. The van der Waals surface area contributed by atoms with Crippen LogP contribution in [0.2, 0.25) is 5.02 Å². The van der Waals surface area contributed by atoms with Gasteiger partial charge in [-0.25, -0.2) is 0 Å². The monoisotopic (exact) mass is 681 g/mol. The summed E-state index contributed by atoms with van der Waals surface area (Å²) in [5.74, 6) is 0.0206. The Hall–Kier alpha value is -4.26. The van der Waals surface area contributed by atoms with E-state index in [1.807, 2.05) is 24.3 Å². The van der Waals surface area contributed by atoms with Gasteiger partial charge in [-0.3, -0.25) is 14.5 Å². The lowest BCUT2D eigenvalue weighted by Gasteiger charge is -2.24. The lowest BCUT2D eigenvalue weighted by molar-refractivity contribution is -0.132. The first-order valence-corrected chi connectivity index (χ1v) is 16.5. The number of carbonyl (C=O) groups excluding carboxylic acids is 2. The van der Waals surface area contributed by atoms with E-state index in [2.05, 4.69) is 17.1 Å². The van der Waals surface area contributed by atoms with Gasteiger partial charge in [0.25, 0.3) is 5.78 Å². The summed E-state index contributed by atoms with van der Waals surface area (Å²) < 4.78 is 22.9. The first-order valence-electron chi connectivity index (χ1n) is 14.3. The molecule has 1 fully saturated rings. The van der Waals surface area contributed by atoms with Gasteiger partial charge in [0.1, 0.15) is 11.5 Å². The quantitative estimate of drug-likeness (QED) is 0.0384. The third-order valence-corrected chi connectivity index (χ3v) is 9.73. The van der Waals surface area contributed by atoms with Crippen molar-refractivity contribution in [3.05, 3.63) is 87.9 Å². The molecule has 1 aliphatic rings. The molecule has 1 N–H and O–H groups in total. The first-order chi connectivity index (χ1) is 22.3. The second-order valence-corrected chi connectivity index (χ2v) is 12.7. The summed E-state index contributed by atoms with van der Waals surface area (Å²) >= 11 is 8.88. The van der Waals surface area contributed by atoms with Crippen molar-refractivity contribution in [3.63, 3.8) is 0 Å². The zero-order chi connectivity index (χ0) is 32.8. The number of ether oxygens (including phenoxy) is 4. The summed E-state index contributed by atoms with van der Waals surface area (Å²) in [4.78, 5) is 28.7. The smallest absolute Gasteiger partial charge is 0.301 e. The number of amides is 1. The van der Waals surface area contributed by atoms with Crippen molar-refractivity contribution in [1.82, 2.24) is 10.2 Å². The van der Waals surface area contributed by atoms with E-state index < -0.39 is 17.7 Å². The van der Waals surface area contributed by atoms with Crippen molar-refractivity contribution in [3.8, 4) is 23.0 Å². The maximum absolute atomic E-state index is 13.7. The summed E-state index contributed by atoms with van der Waals surface area (Å²) in [7, 11) is 4.41. The summed E-state index contributed by atoms with van der Waals surface area (Å²) in [6.07, 6.45) is 1.90. The van der Waals surface area contributed by atoms with Gasteiger partial charge < -0.3 is 24.1 Å². The Morgan fingerprint density at radius 1 is 1.00 bits per heavy atom. The van der Waals surface area contributed by atoms with Crippen molar-refractivity contribution in [2.75, 3.05) is 32.8 Å². The third-order valence-electron chi connectivity index (χ3n) is 7.25. The molecule has 3 aromatic carbocycles. The van der Waals surface area contributed by atoms with Crippen LogP contribution in [0.5, 0.6) is 23.0 Å². The molecule has 5 rings (SSSR count). The molecule has 2 heterocycles. The van der Waals surface area contributed by atoms with Crippen LogP contribution in [0.15, 0.2) is 70.6 Å². The SMILES string of the molecule is CCCCOc1ccc(/C(O)=C2\C(=O)C(=O)N(c3nnc(SCc4ccccc4Cl)s3)C2c2cc(OC)c(OC)c(OC)c2)cc1. The van der Waals surface area contributed by atoms with E-state index in [0.29, 0.717) is 55.8 Å². The number of halogens is 1. The molecule has 1 atom stereocenters. The van der Waals surface area contributed by atoms with Crippen molar-refractivity contribution in [1.29, 1.82) is 0 Å². The lowest BCUT2D eigenvalue weighted by atomic mass is 9.94. The number of carbonyl (C=O) groups is 2. The van der Waals surface area contributed by atoms with Crippen LogP contribution < -0.4 is 23.8 Å². The molecule has 13 heteroatoms. The second kappa shape index (κ2) is 14.9. The molecule has 0 spiro atoms. The van der Waals surface area contributed by atoms with E-state index in [4.69, 9.17) is 30.5 Å². The first kappa shape index (κ1) is 33.1. The van der Waals surface area contributed by atoms with E-state index in [1.165, 1.54) is 38.0 Å². The van der Waals surface area contributed by atoms with E-state index in [0.717, 1.165) is 29.7 Å². The maximum Gasteiger partial charge on any atom is 0.301 e. The maximum atomic E-state index is 13.7. The summed E-state index contributed by atoms with van der Waals surface area (Å²) in [5, 5.41) is 21.0. The highest BCUT2D eigenvalue weighted by Gasteiger charge is 2.49. The van der Waals surface area contributed by atoms with Crippen molar-refractivity contribution in [2.24, 2.45) is 0 Å². The molecule has 1 saturated heterocycles. The van der Waals surface area contributed by atoms with E-state index in [9.17, 15) is 14.7 Å². The number of Topliss-reactive ketones (excluding diaryl/α,β-unsaturated/α-hetero) is 1. The Bertz CT molecular complexity index is 1740. The molecule has 0 bridgehead atoms. The topological polar surface area (TPSA) is 120 Å². The fourth-order valence-electron chi connectivity index (χ4n) is 4.92. The molecule has 1 aliphatic heterocycles. The number of hydrogen-bond donors (Lipinski definition) is 1. The van der Waals surface area contributed by atoms with Gasteiger partial charge in [0, 0.05) is 16.3 Å². The number of unbranched alkanes of at least 4 members (excludes halogenated alkanes) is 1. The van der Waals surface area contributed by atoms with Gasteiger partial charge in [0.05, 0.1) is 39.6 Å². The molecule has 240 valence electrons. The van der Waals surface area contributed by atoms with E-state index in [1.54, 1.807) is 36.4 Å². The van der Waals surface area contributed by atoms with Crippen LogP contribution in [0.25, 0.3) is 5.76 Å². The van der Waals surface area contributed by atoms with Gasteiger partial charge in [0.15, 0.2) is 15.8 Å². The van der Waals surface area contributed by atoms with Crippen LogP contribution in [0.4, 0.5) is 5.13 Å². The van der Waals surface area contributed by atoms with Gasteiger partial charge in [-0.15, -0.1) is 10.2 Å². The van der Waals surface area contributed by atoms with Gasteiger partial charge >= 0.3 is 5.91 Å². The number of nitrogens with zero attached hydrogens (tertiary/aromatic N) is 3. The number of hydrogen-bond acceptors (Lipinski definition) is 11. The van der Waals surface area contributed by atoms with Crippen LogP contribution in [0, 0.1) is 0 Å². The second-order valence-electron chi connectivity index (χ2n) is 10.1. The zero-order valence-electron chi connectivity index (χ0n) is 25.6. The van der Waals surface area contributed by atoms with Crippen molar-refractivity contribution in [2.45, 2.75) is 35.9 Å². The molecule has 1 aromatic heterocycles. The zero-order valence-corrected chi connectivity index (χ0v) is 28.0. The lowest BCUT2D eigenvalue weighted by Crippen LogP contribution is -2.29. The normalized spacial score (nSPS) is 15.7. The molecular formula is C33H32ClN3O7S2. The number of thioether (sulfide) groups is 1. The van der Waals surface area contributed by atoms with Gasteiger partial charge in [-0.2, -0.15) is 0 Å². The fraction of sp³-hybridized carbons (Fsp3) is 0.273. The summed E-state index contributed by atoms with van der Waals surface area (Å²) in [5.41, 5.74) is 1.56. The standard InChI is InChI=1S/C33H32ClN3O7S2/c1-5-6-15-44-22-13-11-19(12-14-22)28(38)26-27(21-16-24(41-2)30(43-4)25(17-21)42-3)37(31(40)29(26)39)32-35-36-33(46-32)45-18-20-9-7-8-10-23(20)34/h7-14,16-17,27,38H,5-6,15,18H2,1-4H3/b28-26+. The highest BCUT2D eigenvalue weighted by atomic mass is 35.5. The number of methoxy groups -OCH3 is 3. The van der Waals surface area contributed by atoms with Gasteiger partial charge in [0.2, 0.25) is 10.9 Å². The number of benzene rings is 3. The van der Waals surface area contributed by atoms with Crippen LogP contribution in [0.3, 0.4) is 0 Å². The number of rotatable bonds is 13. The molecule has 0 radical (unpaired) electrons. The van der Waals surface area contributed by atoms with Crippen LogP contribution >= 0.6 is 34.7 Å². The predicted molar refractivity (Wildman–Crippen MR) is 179 cm³/mol. The third kappa shape index (κ3) is 6.79. The number of aromatic nitrogens is 2. The Balaban J connectivity index is 1.58. The molecule has 1 amide bonds. The minimum absolute atomic E-state index is 0.126. The van der Waals surface area contributed by atoms with Crippen LogP contribution in [-0.2, 0) is 15.3 Å². The largest absolute Gasteiger partial charge is 0.507 e. The molecule has 0 aliphatic carbocycles. The highest BCUT2D eigenvalue weighted by Crippen LogP contribution is 2.48. The molecule has 4 aromatic rings. The van der Waals surface area contributed by atoms with Gasteiger partial charge in [-0.05, 0) is 60.0 Å². The Labute approximate surface area is 279 Å². The number of aliphatic hydroxyl groups excluding tert-OH is 1. The minimum Gasteiger partial charge on any atom is -0.507 e. The van der Waals surface area contributed by atoms with Crippen molar-refractivity contribution >= 4 is 57.3 Å². The average molecular weight is 682 g/mol. The average Bonchev–Trinajstić information content (AvgIpc) is 3.65.